The number of amides is 1. The first-order valence-electron chi connectivity index (χ1n) is 9.60. The number of nitrogens with zero attached hydrogens (tertiary/aromatic N) is 2. The van der Waals surface area contributed by atoms with Crippen molar-refractivity contribution in [1.29, 1.82) is 0 Å². The van der Waals surface area contributed by atoms with E-state index in [2.05, 4.69) is 0 Å². The summed E-state index contributed by atoms with van der Waals surface area (Å²) in [6.45, 7) is 2.15. The summed E-state index contributed by atoms with van der Waals surface area (Å²) >= 11 is 0. The second-order valence-electron chi connectivity index (χ2n) is 7.37. The molecule has 3 aromatic rings. The van der Waals surface area contributed by atoms with E-state index >= 15 is 0 Å². The lowest BCUT2D eigenvalue weighted by Gasteiger charge is -2.21. The minimum Gasteiger partial charge on any atom is -0.452 e. The highest BCUT2D eigenvalue weighted by molar-refractivity contribution is 5.98. The zero-order valence-corrected chi connectivity index (χ0v) is 16.8. The van der Waals surface area contributed by atoms with Crippen LogP contribution in [0.2, 0.25) is 0 Å². The summed E-state index contributed by atoms with van der Waals surface area (Å²) in [7, 11) is 1.29. The highest BCUT2D eigenvalue weighted by Crippen LogP contribution is 2.36. The Hall–Kier alpha value is -3.55. The number of methoxy groups -OCH3 is 1. The van der Waals surface area contributed by atoms with Crippen LogP contribution in [0.5, 0.6) is 0 Å². The second kappa shape index (κ2) is 7.61. The third kappa shape index (κ3) is 3.58. The highest BCUT2D eigenvalue weighted by atomic mass is 19.4. The number of halogens is 3. The van der Waals surface area contributed by atoms with Gasteiger partial charge in [0.05, 0.1) is 23.9 Å². The average molecular weight is 428 g/mol. The van der Waals surface area contributed by atoms with Crippen molar-refractivity contribution in [2.24, 2.45) is 0 Å². The number of para-hydroxylation sites is 1. The molecule has 0 saturated carbocycles. The summed E-state index contributed by atoms with van der Waals surface area (Å²) < 4.78 is 45.5. The second-order valence-corrected chi connectivity index (χ2v) is 7.37. The SMILES string of the molecule is COC(=O)n1c2c(c3ccccc31)C(C)CN(C(=O)c1cccc(C(F)(F)F)c1)C=C2. The molecule has 0 N–H and O–H groups in total. The van der Waals surface area contributed by atoms with Crippen LogP contribution >= 0.6 is 0 Å². The summed E-state index contributed by atoms with van der Waals surface area (Å²) in [4.78, 5) is 26.8. The molecule has 1 aliphatic rings. The predicted octanol–water partition coefficient (Wildman–Crippen LogP) is 5.50. The van der Waals surface area contributed by atoms with E-state index in [0.717, 1.165) is 23.1 Å². The number of ether oxygens (including phenoxy) is 1. The summed E-state index contributed by atoms with van der Waals surface area (Å²) in [6, 6.07) is 11.7. The Morgan fingerprint density at radius 2 is 1.84 bits per heavy atom. The van der Waals surface area contributed by atoms with Gasteiger partial charge in [-0.05, 0) is 35.9 Å². The van der Waals surface area contributed by atoms with Crippen LogP contribution in [0, 0.1) is 0 Å². The Balaban J connectivity index is 1.77. The Labute approximate surface area is 176 Å². The molecule has 8 heteroatoms. The zero-order chi connectivity index (χ0) is 22.3. The zero-order valence-electron chi connectivity index (χ0n) is 16.8. The Morgan fingerprint density at radius 3 is 2.55 bits per heavy atom. The van der Waals surface area contributed by atoms with Gasteiger partial charge in [-0.3, -0.25) is 4.79 Å². The maximum Gasteiger partial charge on any atom is 0.418 e. The maximum absolute atomic E-state index is 13.1. The molecule has 0 fully saturated rings. The number of hydrogen-bond donors (Lipinski definition) is 0. The van der Waals surface area contributed by atoms with Crippen molar-refractivity contribution in [1.82, 2.24) is 9.47 Å². The largest absolute Gasteiger partial charge is 0.452 e. The molecule has 4 rings (SSSR count). The first-order valence-corrected chi connectivity index (χ1v) is 9.60. The number of alkyl halides is 3. The van der Waals surface area contributed by atoms with E-state index in [1.54, 1.807) is 6.08 Å². The van der Waals surface area contributed by atoms with Crippen molar-refractivity contribution < 1.29 is 27.5 Å². The van der Waals surface area contributed by atoms with Gasteiger partial charge in [-0.2, -0.15) is 13.2 Å². The topological polar surface area (TPSA) is 51.5 Å². The van der Waals surface area contributed by atoms with Gasteiger partial charge < -0.3 is 9.64 Å². The van der Waals surface area contributed by atoms with Crippen LogP contribution in [0.1, 0.15) is 40.0 Å². The molecule has 1 unspecified atom stereocenters. The van der Waals surface area contributed by atoms with Crippen LogP contribution in [-0.4, -0.2) is 35.1 Å². The molecule has 1 atom stereocenters. The molecule has 0 aliphatic carbocycles. The summed E-state index contributed by atoms with van der Waals surface area (Å²) in [5.41, 5.74) is 1.21. The van der Waals surface area contributed by atoms with Crippen molar-refractivity contribution in [3.63, 3.8) is 0 Å². The lowest BCUT2D eigenvalue weighted by Crippen LogP contribution is -2.29. The van der Waals surface area contributed by atoms with Gasteiger partial charge in [0.25, 0.3) is 5.91 Å². The minimum atomic E-state index is -4.54. The van der Waals surface area contributed by atoms with E-state index in [0.29, 0.717) is 11.2 Å². The van der Waals surface area contributed by atoms with Gasteiger partial charge in [0.2, 0.25) is 0 Å². The fourth-order valence-electron chi connectivity index (χ4n) is 4.01. The van der Waals surface area contributed by atoms with Crippen molar-refractivity contribution in [2.75, 3.05) is 13.7 Å². The van der Waals surface area contributed by atoms with Crippen molar-refractivity contribution >= 4 is 29.0 Å². The highest BCUT2D eigenvalue weighted by Gasteiger charge is 2.32. The Kier molecular flexibility index (Phi) is 5.08. The summed E-state index contributed by atoms with van der Waals surface area (Å²) in [5.74, 6) is -0.733. The molecule has 1 aromatic heterocycles. The van der Waals surface area contributed by atoms with Gasteiger partial charge in [-0.15, -0.1) is 0 Å². The maximum atomic E-state index is 13.1. The van der Waals surface area contributed by atoms with Gasteiger partial charge in [-0.25, -0.2) is 9.36 Å². The smallest absolute Gasteiger partial charge is 0.418 e. The quantitative estimate of drug-likeness (QED) is 0.514. The van der Waals surface area contributed by atoms with Crippen LogP contribution in [-0.2, 0) is 10.9 Å². The molecule has 0 bridgehead atoms. The number of carbonyl (C=O) groups excluding carboxylic acids is 2. The van der Waals surface area contributed by atoms with Gasteiger partial charge in [-0.1, -0.05) is 31.2 Å². The normalized spacial score (nSPS) is 16.2. The van der Waals surface area contributed by atoms with Crippen LogP contribution in [0.4, 0.5) is 18.0 Å². The molecule has 5 nitrogen and oxygen atoms in total. The number of rotatable bonds is 1. The lowest BCUT2D eigenvalue weighted by molar-refractivity contribution is -0.137. The standard InChI is InChI=1S/C23H19F3N2O3/c1-14-13-27(21(29)15-6-5-7-16(12-15)23(24,25)26)11-10-19-20(14)17-8-3-4-9-18(17)28(19)22(30)31-2/h3-12,14H,13H2,1-2H3. The molecule has 0 radical (unpaired) electrons. The van der Waals surface area contributed by atoms with E-state index in [1.807, 2.05) is 31.2 Å². The van der Waals surface area contributed by atoms with E-state index in [9.17, 15) is 22.8 Å². The van der Waals surface area contributed by atoms with Gasteiger partial charge in [0.1, 0.15) is 0 Å². The number of fused-ring (bicyclic) bond motifs is 3. The van der Waals surface area contributed by atoms with Gasteiger partial charge in [0, 0.05) is 29.6 Å². The number of hydrogen-bond acceptors (Lipinski definition) is 3. The molecule has 2 aromatic carbocycles. The Morgan fingerprint density at radius 1 is 1.10 bits per heavy atom. The third-order valence-corrected chi connectivity index (χ3v) is 5.38. The first-order chi connectivity index (χ1) is 14.7. The molecule has 2 heterocycles. The predicted molar refractivity (Wildman–Crippen MR) is 110 cm³/mol. The Bertz CT molecular complexity index is 1210. The molecule has 0 spiro atoms. The lowest BCUT2D eigenvalue weighted by atomic mass is 9.97. The third-order valence-electron chi connectivity index (χ3n) is 5.38. The minimum absolute atomic E-state index is 0.0565. The van der Waals surface area contributed by atoms with Crippen molar-refractivity contribution in [3.05, 3.63) is 77.1 Å². The number of carbonyl (C=O) groups is 2. The number of benzene rings is 2. The molecule has 31 heavy (non-hydrogen) atoms. The molecule has 1 amide bonds. The van der Waals surface area contributed by atoms with Gasteiger partial charge >= 0.3 is 12.3 Å². The molecule has 160 valence electrons. The van der Waals surface area contributed by atoms with Crippen molar-refractivity contribution in [2.45, 2.75) is 19.0 Å². The van der Waals surface area contributed by atoms with Gasteiger partial charge in [0.15, 0.2) is 0 Å². The molecular weight excluding hydrogens is 409 g/mol. The fraction of sp³-hybridized carbons (Fsp3) is 0.217. The monoisotopic (exact) mass is 428 g/mol. The molecule has 1 aliphatic heterocycles. The van der Waals surface area contributed by atoms with Crippen LogP contribution in [0.25, 0.3) is 17.0 Å². The summed E-state index contributed by atoms with van der Waals surface area (Å²) in [5, 5.41) is 0.855. The molecule has 0 saturated heterocycles. The van der Waals surface area contributed by atoms with Crippen molar-refractivity contribution in [3.8, 4) is 0 Å². The van der Waals surface area contributed by atoms with Crippen LogP contribution < -0.4 is 0 Å². The van der Waals surface area contributed by atoms with E-state index in [1.165, 1.54) is 34.9 Å². The van der Waals surface area contributed by atoms with E-state index in [-0.39, 0.29) is 18.0 Å². The van der Waals surface area contributed by atoms with Crippen LogP contribution in [0.15, 0.2) is 54.7 Å². The van der Waals surface area contributed by atoms with Crippen LogP contribution in [0.3, 0.4) is 0 Å². The van der Waals surface area contributed by atoms with E-state index in [4.69, 9.17) is 4.74 Å². The first kappa shape index (κ1) is 20.7. The van der Waals surface area contributed by atoms with E-state index < -0.39 is 23.7 Å². The number of aromatic nitrogens is 1. The summed E-state index contributed by atoms with van der Waals surface area (Å²) in [6.07, 6.45) is -1.97. The molecular formula is C23H19F3N2O3. The average Bonchev–Trinajstić information content (AvgIpc) is 2.99. The fourth-order valence-corrected chi connectivity index (χ4v) is 4.01.